The molecule has 35 heavy (non-hydrogen) atoms. The van der Waals surface area contributed by atoms with Crippen molar-refractivity contribution in [3.8, 4) is 22.7 Å². The first-order valence-electron chi connectivity index (χ1n) is 11.3. The highest BCUT2D eigenvalue weighted by Gasteiger charge is 2.36. The van der Waals surface area contributed by atoms with E-state index in [9.17, 15) is 14.0 Å². The minimum atomic E-state index is -0.663. The van der Waals surface area contributed by atoms with Gasteiger partial charge in [0.25, 0.3) is 5.56 Å². The highest BCUT2D eigenvalue weighted by molar-refractivity contribution is 5.98. The van der Waals surface area contributed by atoms with Gasteiger partial charge in [-0.1, -0.05) is 48.5 Å². The zero-order chi connectivity index (χ0) is 24.4. The van der Waals surface area contributed by atoms with E-state index in [0.717, 1.165) is 21.4 Å². The summed E-state index contributed by atoms with van der Waals surface area (Å²) in [6.45, 7) is 2.00. The summed E-state index contributed by atoms with van der Waals surface area (Å²) in [6.07, 6.45) is -0.663. The van der Waals surface area contributed by atoms with Crippen molar-refractivity contribution < 1.29 is 9.13 Å². The van der Waals surface area contributed by atoms with Gasteiger partial charge in [0.05, 0.1) is 28.0 Å². The maximum absolute atomic E-state index is 13.8. The van der Waals surface area contributed by atoms with E-state index in [1.165, 1.54) is 23.7 Å². The van der Waals surface area contributed by atoms with Crippen LogP contribution in [0.15, 0.2) is 82.4 Å². The molecule has 0 radical (unpaired) electrons. The number of fused-ring (bicyclic) bond motifs is 5. The van der Waals surface area contributed by atoms with Crippen LogP contribution >= 0.6 is 0 Å². The van der Waals surface area contributed by atoms with Crippen LogP contribution in [-0.4, -0.2) is 13.7 Å². The van der Waals surface area contributed by atoms with Gasteiger partial charge in [0.1, 0.15) is 11.6 Å². The fourth-order valence-corrected chi connectivity index (χ4v) is 5.07. The van der Waals surface area contributed by atoms with Gasteiger partial charge >= 0.3 is 5.69 Å². The molecule has 1 aliphatic heterocycles. The van der Waals surface area contributed by atoms with Crippen LogP contribution in [0.3, 0.4) is 0 Å². The zero-order valence-corrected chi connectivity index (χ0v) is 19.4. The molecule has 1 atom stereocenters. The Morgan fingerprint density at radius 1 is 0.857 bits per heavy atom. The minimum Gasteiger partial charge on any atom is -0.477 e. The number of halogens is 1. The second kappa shape index (κ2) is 7.56. The van der Waals surface area contributed by atoms with Gasteiger partial charge in [0.2, 0.25) is 0 Å². The summed E-state index contributed by atoms with van der Waals surface area (Å²) in [6, 6.07) is 21.6. The number of aryl methyl sites for hydroxylation is 2. The highest BCUT2D eigenvalue weighted by atomic mass is 19.1. The lowest BCUT2D eigenvalue weighted by Gasteiger charge is -2.30. The monoisotopic (exact) mass is 467 g/mol. The van der Waals surface area contributed by atoms with Gasteiger partial charge in [-0.3, -0.25) is 13.9 Å². The third-order valence-corrected chi connectivity index (χ3v) is 6.78. The molecule has 0 amide bonds. The number of aromatic nitrogens is 3. The molecular formula is C28H22FN3O3. The summed E-state index contributed by atoms with van der Waals surface area (Å²) in [5, 5.41) is 0.436. The van der Waals surface area contributed by atoms with Crippen molar-refractivity contribution >= 4 is 10.9 Å². The summed E-state index contributed by atoms with van der Waals surface area (Å²) < 4.78 is 24.9. The van der Waals surface area contributed by atoms with E-state index in [2.05, 4.69) is 0 Å². The Morgan fingerprint density at radius 2 is 1.54 bits per heavy atom. The van der Waals surface area contributed by atoms with Crippen LogP contribution in [0, 0.1) is 12.7 Å². The smallest absolute Gasteiger partial charge is 0.331 e. The summed E-state index contributed by atoms with van der Waals surface area (Å²) in [5.41, 5.74) is 4.41. The molecule has 0 unspecified atom stereocenters. The molecule has 1 aliphatic rings. The molecule has 0 N–H and O–H groups in total. The maximum atomic E-state index is 13.8. The van der Waals surface area contributed by atoms with Gasteiger partial charge < -0.3 is 9.30 Å². The molecule has 3 heterocycles. The van der Waals surface area contributed by atoms with Crippen LogP contribution in [0.25, 0.3) is 27.8 Å². The number of rotatable bonds is 2. The standard InChI is InChI=1S/C28H22FN3O3/c1-16-8-4-5-9-19(16)23-22-24(30(2)28(34)31(3)27(22)33)25-26(17-12-14-18(29)15-13-17)35-21-11-7-6-10-20(21)32(23)25/h4-15,26H,1-3H3/t26-/m0/s1. The highest BCUT2D eigenvalue weighted by Crippen LogP contribution is 2.46. The third kappa shape index (κ3) is 2.94. The number of para-hydroxylation sites is 2. The zero-order valence-electron chi connectivity index (χ0n) is 19.4. The van der Waals surface area contributed by atoms with E-state index in [1.807, 2.05) is 60.0 Å². The number of ether oxygens (including phenoxy) is 1. The van der Waals surface area contributed by atoms with E-state index < -0.39 is 11.8 Å². The van der Waals surface area contributed by atoms with Gasteiger partial charge in [-0.15, -0.1) is 0 Å². The van der Waals surface area contributed by atoms with Gasteiger partial charge in [0, 0.05) is 19.7 Å². The Kier molecular flexibility index (Phi) is 4.57. The first kappa shape index (κ1) is 21.2. The van der Waals surface area contributed by atoms with Gasteiger partial charge in [-0.25, -0.2) is 9.18 Å². The molecule has 2 aromatic heterocycles. The van der Waals surface area contributed by atoms with Gasteiger partial charge in [0.15, 0.2) is 6.10 Å². The van der Waals surface area contributed by atoms with Crippen molar-refractivity contribution in [2.45, 2.75) is 13.0 Å². The fourth-order valence-electron chi connectivity index (χ4n) is 5.07. The van der Waals surface area contributed by atoms with E-state index in [4.69, 9.17) is 4.74 Å². The van der Waals surface area contributed by atoms with Gasteiger partial charge in [-0.2, -0.15) is 0 Å². The Morgan fingerprint density at radius 3 is 2.29 bits per heavy atom. The van der Waals surface area contributed by atoms with E-state index in [1.54, 1.807) is 19.2 Å². The Labute approximate surface area is 200 Å². The van der Waals surface area contributed by atoms with Crippen LogP contribution in [-0.2, 0) is 14.1 Å². The second-order valence-corrected chi connectivity index (χ2v) is 8.83. The van der Waals surface area contributed by atoms with E-state index in [0.29, 0.717) is 33.6 Å². The Hall–Kier alpha value is -4.39. The van der Waals surface area contributed by atoms with Crippen molar-refractivity contribution in [2.24, 2.45) is 14.1 Å². The van der Waals surface area contributed by atoms with Crippen LogP contribution in [0.5, 0.6) is 5.75 Å². The van der Waals surface area contributed by atoms with E-state index >= 15 is 0 Å². The first-order chi connectivity index (χ1) is 16.9. The minimum absolute atomic E-state index is 0.355. The van der Waals surface area contributed by atoms with Crippen LogP contribution in [0.1, 0.15) is 22.9 Å². The molecule has 0 fully saturated rings. The molecule has 0 bridgehead atoms. The predicted molar refractivity (Wildman–Crippen MR) is 133 cm³/mol. The maximum Gasteiger partial charge on any atom is 0.331 e. The molecule has 0 saturated heterocycles. The lowest BCUT2D eigenvalue weighted by molar-refractivity contribution is 0.229. The topological polar surface area (TPSA) is 58.2 Å². The molecule has 0 spiro atoms. The quantitative estimate of drug-likeness (QED) is 0.381. The van der Waals surface area contributed by atoms with E-state index in [-0.39, 0.29) is 11.4 Å². The average molecular weight is 468 g/mol. The third-order valence-electron chi connectivity index (χ3n) is 6.78. The van der Waals surface area contributed by atoms with Crippen molar-refractivity contribution in [3.63, 3.8) is 0 Å². The number of hydrogen-bond acceptors (Lipinski definition) is 3. The first-order valence-corrected chi connectivity index (χ1v) is 11.3. The van der Waals surface area contributed by atoms with Crippen LogP contribution in [0.4, 0.5) is 4.39 Å². The summed E-state index contributed by atoms with van der Waals surface area (Å²) >= 11 is 0. The Balaban J connectivity index is 1.88. The molecule has 174 valence electrons. The summed E-state index contributed by atoms with van der Waals surface area (Å²) in [7, 11) is 3.15. The van der Waals surface area contributed by atoms with Crippen LogP contribution < -0.4 is 16.0 Å². The van der Waals surface area contributed by atoms with Crippen molar-refractivity contribution in [3.05, 3.63) is 116 Å². The molecule has 3 aromatic carbocycles. The normalized spacial score (nSPS) is 14.5. The van der Waals surface area contributed by atoms with Crippen molar-refractivity contribution in [2.75, 3.05) is 0 Å². The molecule has 0 saturated carbocycles. The number of nitrogens with zero attached hydrogens (tertiary/aromatic N) is 3. The van der Waals surface area contributed by atoms with Crippen molar-refractivity contribution in [1.29, 1.82) is 0 Å². The predicted octanol–water partition coefficient (Wildman–Crippen LogP) is 4.62. The Bertz CT molecular complexity index is 1760. The molecule has 6 rings (SSSR count). The lowest BCUT2D eigenvalue weighted by Crippen LogP contribution is -2.37. The molecular weight excluding hydrogens is 445 g/mol. The number of benzene rings is 3. The second-order valence-electron chi connectivity index (χ2n) is 8.83. The van der Waals surface area contributed by atoms with Gasteiger partial charge in [-0.05, 0) is 42.3 Å². The molecule has 7 heteroatoms. The SMILES string of the molecule is Cc1ccccc1-c1c2c(=O)n(C)c(=O)n(C)c2c2n1-c1ccccc1O[C@H]2c1ccc(F)cc1. The molecule has 6 nitrogen and oxygen atoms in total. The average Bonchev–Trinajstić information content (AvgIpc) is 3.23. The number of hydrogen-bond donors (Lipinski definition) is 0. The summed E-state index contributed by atoms with van der Waals surface area (Å²) in [4.78, 5) is 26.7. The van der Waals surface area contributed by atoms with Crippen LogP contribution in [0.2, 0.25) is 0 Å². The van der Waals surface area contributed by atoms with Crippen molar-refractivity contribution in [1.82, 2.24) is 13.7 Å². The largest absolute Gasteiger partial charge is 0.477 e. The lowest BCUT2D eigenvalue weighted by atomic mass is 10.0. The summed E-state index contributed by atoms with van der Waals surface area (Å²) in [5.74, 6) is 0.276. The fraction of sp³-hybridized carbons (Fsp3) is 0.143. The molecule has 0 aliphatic carbocycles. The molecule has 5 aromatic rings.